The number of hydrogen-bond donors (Lipinski definition) is 1. The van der Waals surface area contributed by atoms with Crippen molar-refractivity contribution in [2.45, 2.75) is 0 Å². The average Bonchev–Trinajstić information content (AvgIpc) is 2.04. The zero-order valence-corrected chi connectivity index (χ0v) is 8.87. The van der Waals surface area contributed by atoms with Crippen molar-refractivity contribution in [3.8, 4) is 6.07 Å². The number of halogens is 1. The highest BCUT2D eigenvalue weighted by atomic mass is 79.9. The van der Waals surface area contributed by atoms with Gasteiger partial charge in [-0.15, -0.1) is 0 Å². The smallest absolute Gasteiger partial charge is 0.105 e. The second-order valence-corrected chi connectivity index (χ2v) is 3.63. The molecular formula is C9H10BrN3. The number of hydrogen-bond acceptors (Lipinski definition) is 3. The predicted molar refractivity (Wildman–Crippen MR) is 57.4 cm³/mol. The van der Waals surface area contributed by atoms with Gasteiger partial charge in [-0.3, -0.25) is 0 Å². The van der Waals surface area contributed by atoms with E-state index in [0.717, 1.165) is 10.2 Å². The van der Waals surface area contributed by atoms with Crippen molar-refractivity contribution in [1.29, 1.82) is 5.26 Å². The summed E-state index contributed by atoms with van der Waals surface area (Å²) in [6, 6.07) is 7.68. The topological polar surface area (TPSA) is 53.0 Å². The molecule has 4 heteroatoms. The van der Waals surface area contributed by atoms with Crippen LogP contribution in [0.25, 0.3) is 0 Å². The fourth-order valence-corrected chi connectivity index (χ4v) is 1.44. The molecule has 0 spiro atoms. The maximum Gasteiger partial charge on any atom is 0.105 e. The van der Waals surface area contributed by atoms with Crippen LogP contribution in [0.1, 0.15) is 0 Å². The molecule has 0 saturated carbocycles. The third-order valence-corrected chi connectivity index (χ3v) is 2.20. The first-order valence-electron chi connectivity index (χ1n) is 3.78. The van der Waals surface area contributed by atoms with Gasteiger partial charge in [0.15, 0.2) is 0 Å². The van der Waals surface area contributed by atoms with Crippen LogP contribution in [-0.2, 0) is 0 Å². The van der Waals surface area contributed by atoms with Gasteiger partial charge in [0.1, 0.15) is 6.54 Å². The summed E-state index contributed by atoms with van der Waals surface area (Å²) in [7, 11) is 1.84. The van der Waals surface area contributed by atoms with E-state index in [-0.39, 0.29) is 0 Å². The van der Waals surface area contributed by atoms with E-state index in [9.17, 15) is 0 Å². The van der Waals surface area contributed by atoms with Crippen LogP contribution in [0.4, 0.5) is 11.4 Å². The van der Waals surface area contributed by atoms with Gasteiger partial charge in [-0.05, 0) is 18.2 Å². The Labute approximate surface area is 85.9 Å². The molecule has 0 bridgehead atoms. The van der Waals surface area contributed by atoms with Gasteiger partial charge in [-0.1, -0.05) is 15.9 Å². The van der Waals surface area contributed by atoms with Gasteiger partial charge in [0.25, 0.3) is 0 Å². The monoisotopic (exact) mass is 239 g/mol. The summed E-state index contributed by atoms with van der Waals surface area (Å²) in [5, 5.41) is 8.50. The molecule has 0 aliphatic rings. The van der Waals surface area contributed by atoms with Gasteiger partial charge >= 0.3 is 0 Å². The second-order valence-electron chi connectivity index (χ2n) is 2.72. The summed E-state index contributed by atoms with van der Waals surface area (Å²) in [5.74, 6) is 0. The first-order valence-corrected chi connectivity index (χ1v) is 4.57. The predicted octanol–water partition coefficient (Wildman–Crippen LogP) is 1.99. The first kappa shape index (κ1) is 9.87. The minimum absolute atomic E-state index is 0.339. The molecule has 0 unspecified atom stereocenters. The lowest BCUT2D eigenvalue weighted by molar-refractivity contribution is 1.04. The van der Waals surface area contributed by atoms with E-state index in [1.54, 1.807) is 0 Å². The Morgan fingerprint density at radius 3 is 2.85 bits per heavy atom. The van der Waals surface area contributed by atoms with E-state index in [2.05, 4.69) is 22.0 Å². The normalized spacial score (nSPS) is 9.31. The molecule has 0 fully saturated rings. The minimum atomic E-state index is 0.339. The standard InChI is InChI=1S/C9H10BrN3/c1-13(5-4-11)9-3-2-7(10)6-8(9)12/h2-3,6H,5,12H2,1H3. The van der Waals surface area contributed by atoms with Gasteiger partial charge in [0, 0.05) is 11.5 Å². The Morgan fingerprint density at radius 1 is 1.62 bits per heavy atom. The molecule has 1 rings (SSSR count). The van der Waals surface area contributed by atoms with E-state index in [1.807, 2.05) is 30.1 Å². The molecule has 0 saturated heterocycles. The first-order chi connectivity index (χ1) is 6.15. The van der Waals surface area contributed by atoms with E-state index >= 15 is 0 Å². The van der Waals surface area contributed by atoms with Crippen LogP contribution < -0.4 is 10.6 Å². The van der Waals surface area contributed by atoms with Crippen molar-refractivity contribution < 1.29 is 0 Å². The lowest BCUT2D eigenvalue weighted by Crippen LogP contribution is -2.18. The summed E-state index contributed by atoms with van der Waals surface area (Å²) < 4.78 is 0.944. The number of anilines is 2. The Bertz CT molecular complexity index is 343. The molecule has 0 aliphatic carbocycles. The SMILES string of the molecule is CN(CC#N)c1ccc(Br)cc1N. The summed E-state index contributed by atoms with van der Waals surface area (Å²) in [5.41, 5.74) is 7.32. The molecule has 1 aromatic rings. The Hall–Kier alpha value is -1.21. The molecule has 0 radical (unpaired) electrons. The molecule has 0 atom stereocenters. The summed E-state index contributed by atoms with van der Waals surface area (Å²) in [6.07, 6.45) is 0. The maximum atomic E-state index is 8.50. The van der Waals surface area contributed by atoms with Crippen molar-refractivity contribution in [3.05, 3.63) is 22.7 Å². The van der Waals surface area contributed by atoms with Gasteiger partial charge in [-0.25, -0.2) is 0 Å². The number of nitriles is 1. The number of rotatable bonds is 2. The minimum Gasteiger partial charge on any atom is -0.397 e. The van der Waals surface area contributed by atoms with Crippen molar-refractivity contribution in [3.63, 3.8) is 0 Å². The second kappa shape index (κ2) is 4.15. The zero-order valence-electron chi connectivity index (χ0n) is 7.29. The van der Waals surface area contributed by atoms with Crippen molar-refractivity contribution in [2.75, 3.05) is 24.2 Å². The van der Waals surface area contributed by atoms with E-state index in [0.29, 0.717) is 12.2 Å². The van der Waals surface area contributed by atoms with Crippen molar-refractivity contribution >= 4 is 27.3 Å². The number of nitrogens with two attached hydrogens (primary N) is 1. The van der Waals surface area contributed by atoms with Gasteiger partial charge in [0.05, 0.1) is 17.4 Å². The average molecular weight is 240 g/mol. The molecule has 0 aliphatic heterocycles. The Kier molecular flexibility index (Phi) is 3.15. The van der Waals surface area contributed by atoms with Gasteiger partial charge in [0.2, 0.25) is 0 Å². The fraction of sp³-hybridized carbons (Fsp3) is 0.222. The van der Waals surface area contributed by atoms with Crippen molar-refractivity contribution in [1.82, 2.24) is 0 Å². The lowest BCUT2D eigenvalue weighted by atomic mass is 10.2. The Balaban J connectivity index is 2.96. The quantitative estimate of drug-likeness (QED) is 0.635. The number of nitrogen functional groups attached to an aromatic ring is 1. The van der Waals surface area contributed by atoms with Crippen LogP contribution >= 0.6 is 15.9 Å². The van der Waals surface area contributed by atoms with E-state index in [4.69, 9.17) is 11.0 Å². The molecule has 0 aromatic heterocycles. The van der Waals surface area contributed by atoms with Crippen LogP contribution in [-0.4, -0.2) is 13.6 Å². The number of nitrogens with zero attached hydrogens (tertiary/aromatic N) is 2. The van der Waals surface area contributed by atoms with Crippen LogP contribution in [0.3, 0.4) is 0 Å². The van der Waals surface area contributed by atoms with Crippen LogP contribution in [0.5, 0.6) is 0 Å². The molecule has 2 N–H and O–H groups in total. The van der Waals surface area contributed by atoms with Crippen LogP contribution in [0.2, 0.25) is 0 Å². The third-order valence-electron chi connectivity index (χ3n) is 1.71. The van der Waals surface area contributed by atoms with Gasteiger partial charge in [-0.2, -0.15) is 5.26 Å². The summed E-state index contributed by atoms with van der Waals surface area (Å²) in [4.78, 5) is 1.81. The largest absolute Gasteiger partial charge is 0.397 e. The molecule has 1 aromatic carbocycles. The highest BCUT2D eigenvalue weighted by molar-refractivity contribution is 9.10. The van der Waals surface area contributed by atoms with Crippen LogP contribution in [0.15, 0.2) is 22.7 Å². The van der Waals surface area contributed by atoms with E-state index < -0.39 is 0 Å². The van der Waals surface area contributed by atoms with Gasteiger partial charge < -0.3 is 10.6 Å². The zero-order chi connectivity index (χ0) is 9.84. The fourth-order valence-electron chi connectivity index (χ4n) is 1.06. The van der Waals surface area contributed by atoms with E-state index in [1.165, 1.54) is 0 Å². The molecule has 0 amide bonds. The molecular weight excluding hydrogens is 230 g/mol. The maximum absolute atomic E-state index is 8.50. The molecule has 68 valence electrons. The lowest BCUT2D eigenvalue weighted by Gasteiger charge is -2.17. The molecule has 3 nitrogen and oxygen atoms in total. The Morgan fingerprint density at radius 2 is 2.31 bits per heavy atom. The third kappa shape index (κ3) is 2.36. The molecule has 0 heterocycles. The molecule has 13 heavy (non-hydrogen) atoms. The van der Waals surface area contributed by atoms with Crippen molar-refractivity contribution in [2.24, 2.45) is 0 Å². The highest BCUT2D eigenvalue weighted by Gasteiger charge is 2.04. The highest BCUT2D eigenvalue weighted by Crippen LogP contribution is 2.25. The summed E-state index contributed by atoms with van der Waals surface area (Å²) in [6.45, 7) is 0.339. The summed E-state index contributed by atoms with van der Waals surface area (Å²) >= 11 is 3.32. The number of benzene rings is 1. The van der Waals surface area contributed by atoms with Crippen LogP contribution in [0, 0.1) is 11.3 Å².